The van der Waals surface area contributed by atoms with Crippen molar-refractivity contribution in [2.24, 2.45) is 0 Å². The Hall–Kier alpha value is -0.800. The predicted octanol–water partition coefficient (Wildman–Crippen LogP) is 3.14. The lowest BCUT2D eigenvalue weighted by molar-refractivity contribution is -0.104. The fourth-order valence-electron chi connectivity index (χ4n) is 0.765. The Morgan fingerprint density at radius 2 is 2.31 bits per heavy atom. The Labute approximate surface area is 89.7 Å². The zero-order chi connectivity index (χ0) is 9.68. The van der Waals surface area contributed by atoms with Gasteiger partial charge < -0.3 is 5.32 Å². The largest absolute Gasteiger partial charge is 0.360 e. The fourth-order valence-corrected chi connectivity index (χ4v) is 1.22. The van der Waals surface area contributed by atoms with Gasteiger partial charge >= 0.3 is 0 Å². The molecule has 0 aliphatic heterocycles. The van der Waals surface area contributed by atoms with Gasteiger partial charge in [-0.3, -0.25) is 4.79 Å². The second kappa shape index (κ2) is 5.04. The number of hydrogen-bond donors (Lipinski definition) is 1. The molecule has 0 amide bonds. The standard InChI is InChI=1S/C9H7BrClNO/c10-7-2-1-3-9(4-7)12-5-8(11)6-13/h1-6,12H/b8-5-. The molecule has 0 aromatic heterocycles. The molecule has 1 aromatic rings. The lowest BCUT2D eigenvalue weighted by Gasteiger charge is -2.00. The van der Waals surface area contributed by atoms with Crippen molar-refractivity contribution in [3.05, 3.63) is 40.0 Å². The molecule has 0 unspecified atom stereocenters. The molecule has 0 saturated heterocycles. The highest BCUT2D eigenvalue weighted by molar-refractivity contribution is 9.10. The van der Waals surface area contributed by atoms with Crippen molar-refractivity contribution < 1.29 is 4.79 Å². The van der Waals surface area contributed by atoms with Crippen LogP contribution < -0.4 is 5.32 Å². The minimum Gasteiger partial charge on any atom is -0.360 e. The highest BCUT2D eigenvalue weighted by Gasteiger charge is 1.91. The Bertz CT molecular complexity index is 338. The minimum atomic E-state index is 0.139. The van der Waals surface area contributed by atoms with Crippen LogP contribution in [0.5, 0.6) is 0 Å². The summed E-state index contributed by atoms with van der Waals surface area (Å²) in [5, 5.41) is 3.02. The molecule has 0 saturated carbocycles. The summed E-state index contributed by atoms with van der Waals surface area (Å²) in [6.07, 6.45) is 2.02. The highest BCUT2D eigenvalue weighted by atomic mass is 79.9. The van der Waals surface area contributed by atoms with Crippen LogP contribution >= 0.6 is 27.5 Å². The molecule has 2 nitrogen and oxygen atoms in total. The average molecular weight is 261 g/mol. The van der Waals surface area contributed by atoms with Gasteiger partial charge in [0.25, 0.3) is 0 Å². The van der Waals surface area contributed by atoms with E-state index >= 15 is 0 Å². The SMILES string of the molecule is O=C/C(Cl)=C/Nc1cccc(Br)c1. The fraction of sp³-hybridized carbons (Fsp3) is 0. The Balaban J connectivity index is 2.70. The van der Waals surface area contributed by atoms with Crippen molar-refractivity contribution in [2.45, 2.75) is 0 Å². The van der Waals surface area contributed by atoms with Crippen LogP contribution in [0.4, 0.5) is 5.69 Å². The number of rotatable bonds is 3. The number of allylic oxidation sites excluding steroid dienone is 1. The molecule has 4 heteroatoms. The molecule has 68 valence electrons. The number of aldehydes is 1. The summed E-state index contributed by atoms with van der Waals surface area (Å²) in [5.41, 5.74) is 0.870. The van der Waals surface area contributed by atoms with E-state index in [0.717, 1.165) is 10.2 Å². The van der Waals surface area contributed by atoms with Crippen LogP contribution in [0.1, 0.15) is 0 Å². The molecule has 1 rings (SSSR count). The van der Waals surface area contributed by atoms with Gasteiger partial charge in [0, 0.05) is 16.4 Å². The smallest absolute Gasteiger partial charge is 0.162 e. The summed E-state index contributed by atoms with van der Waals surface area (Å²) in [4.78, 5) is 10.1. The number of carbonyl (C=O) groups is 1. The number of anilines is 1. The van der Waals surface area contributed by atoms with Crippen molar-refractivity contribution in [3.8, 4) is 0 Å². The van der Waals surface area contributed by atoms with Crippen molar-refractivity contribution in [1.82, 2.24) is 0 Å². The lowest BCUT2D eigenvalue weighted by atomic mass is 10.3. The van der Waals surface area contributed by atoms with E-state index in [1.165, 1.54) is 6.20 Å². The molecule has 1 aromatic carbocycles. The minimum absolute atomic E-state index is 0.139. The van der Waals surface area contributed by atoms with Crippen molar-refractivity contribution >= 4 is 39.5 Å². The van der Waals surface area contributed by atoms with E-state index in [1.807, 2.05) is 24.3 Å². The third-order valence-corrected chi connectivity index (χ3v) is 2.01. The zero-order valence-corrected chi connectivity index (χ0v) is 8.97. The number of carbonyl (C=O) groups excluding carboxylic acids is 1. The molecule has 0 atom stereocenters. The molecule has 0 aliphatic rings. The molecular formula is C9H7BrClNO. The first-order valence-electron chi connectivity index (χ1n) is 3.55. The van der Waals surface area contributed by atoms with Crippen LogP contribution in [0.2, 0.25) is 0 Å². The maximum Gasteiger partial charge on any atom is 0.162 e. The van der Waals surface area contributed by atoms with Gasteiger partial charge in [-0.1, -0.05) is 33.6 Å². The van der Waals surface area contributed by atoms with E-state index in [2.05, 4.69) is 21.2 Å². The van der Waals surface area contributed by atoms with E-state index < -0.39 is 0 Å². The average Bonchev–Trinajstić information content (AvgIpc) is 2.14. The molecule has 1 N–H and O–H groups in total. The zero-order valence-electron chi connectivity index (χ0n) is 6.63. The Morgan fingerprint density at radius 3 is 2.92 bits per heavy atom. The normalized spacial score (nSPS) is 11.1. The van der Waals surface area contributed by atoms with Gasteiger partial charge in [0.15, 0.2) is 6.29 Å². The van der Waals surface area contributed by atoms with Crippen LogP contribution in [0.25, 0.3) is 0 Å². The lowest BCUT2D eigenvalue weighted by Crippen LogP contribution is -1.88. The molecular weight excluding hydrogens is 253 g/mol. The molecule has 0 aliphatic carbocycles. The first kappa shape index (κ1) is 10.3. The van der Waals surface area contributed by atoms with Crippen molar-refractivity contribution in [1.29, 1.82) is 0 Å². The van der Waals surface area contributed by atoms with Crippen LogP contribution in [-0.4, -0.2) is 6.29 Å². The van der Waals surface area contributed by atoms with E-state index in [0.29, 0.717) is 6.29 Å². The first-order valence-corrected chi connectivity index (χ1v) is 4.72. The van der Waals surface area contributed by atoms with Gasteiger partial charge in [0.1, 0.15) is 0 Å². The van der Waals surface area contributed by atoms with Gasteiger partial charge in [-0.2, -0.15) is 0 Å². The van der Waals surface area contributed by atoms with Gasteiger partial charge in [0.05, 0.1) is 5.03 Å². The van der Waals surface area contributed by atoms with E-state index in [-0.39, 0.29) is 5.03 Å². The summed E-state index contributed by atoms with van der Waals surface area (Å²) < 4.78 is 0.966. The highest BCUT2D eigenvalue weighted by Crippen LogP contribution is 2.15. The van der Waals surface area contributed by atoms with Crippen molar-refractivity contribution in [2.75, 3.05) is 5.32 Å². The Kier molecular flexibility index (Phi) is 3.99. The number of hydrogen-bond acceptors (Lipinski definition) is 2. The molecule has 13 heavy (non-hydrogen) atoms. The van der Waals surface area contributed by atoms with Crippen LogP contribution in [0.15, 0.2) is 40.0 Å². The predicted molar refractivity (Wildman–Crippen MR) is 57.8 cm³/mol. The summed E-state index contributed by atoms with van der Waals surface area (Å²) in [6.45, 7) is 0. The van der Waals surface area contributed by atoms with E-state index in [1.54, 1.807) is 0 Å². The maximum absolute atomic E-state index is 10.1. The van der Waals surface area contributed by atoms with Gasteiger partial charge in [-0.25, -0.2) is 0 Å². The molecule has 0 fully saturated rings. The topological polar surface area (TPSA) is 29.1 Å². The summed E-state index contributed by atoms with van der Waals surface area (Å²) >= 11 is 8.80. The molecule has 0 spiro atoms. The molecule has 0 radical (unpaired) electrons. The summed E-state index contributed by atoms with van der Waals surface area (Å²) in [5.74, 6) is 0. The first-order chi connectivity index (χ1) is 6.22. The van der Waals surface area contributed by atoms with E-state index in [9.17, 15) is 4.79 Å². The van der Waals surface area contributed by atoms with Crippen LogP contribution in [0.3, 0.4) is 0 Å². The number of benzene rings is 1. The third-order valence-electron chi connectivity index (χ3n) is 1.31. The van der Waals surface area contributed by atoms with Gasteiger partial charge in [-0.15, -0.1) is 0 Å². The monoisotopic (exact) mass is 259 g/mol. The second-order valence-electron chi connectivity index (χ2n) is 2.30. The van der Waals surface area contributed by atoms with Crippen LogP contribution in [-0.2, 0) is 4.79 Å². The van der Waals surface area contributed by atoms with E-state index in [4.69, 9.17) is 11.6 Å². The number of nitrogens with one attached hydrogen (secondary N) is 1. The third kappa shape index (κ3) is 3.61. The summed E-state index contributed by atoms with van der Waals surface area (Å²) in [7, 11) is 0. The summed E-state index contributed by atoms with van der Waals surface area (Å²) in [6, 6.07) is 7.55. The number of halogens is 2. The molecule has 0 bridgehead atoms. The Morgan fingerprint density at radius 1 is 1.54 bits per heavy atom. The maximum atomic E-state index is 10.1. The van der Waals surface area contributed by atoms with Gasteiger partial charge in [0.2, 0.25) is 0 Å². The second-order valence-corrected chi connectivity index (χ2v) is 3.65. The van der Waals surface area contributed by atoms with Crippen molar-refractivity contribution in [3.63, 3.8) is 0 Å². The van der Waals surface area contributed by atoms with Gasteiger partial charge in [-0.05, 0) is 18.2 Å². The quantitative estimate of drug-likeness (QED) is 0.668. The molecule has 0 heterocycles. The van der Waals surface area contributed by atoms with Crippen LogP contribution in [0, 0.1) is 0 Å².